The minimum Gasteiger partial charge on any atom is -0.478 e. The second-order valence-corrected chi connectivity index (χ2v) is 6.32. The van der Waals surface area contributed by atoms with E-state index in [1.165, 1.54) is 31.4 Å². The topological polar surface area (TPSA) is 89.9 Å². The molecule has 1 aromatic carbocycles. The van der Waals surface area contributed by atoms with Crippen LogP contribution in [0.2, 0.25) is 0 Å². The van der Waals surface area contributed by atoms with E-state index in [9.17, 15) is 9.59 Å². The maximum absolute atomic E-state index is 9.55. The molecule has 2 aliphatic rings. The lowest BCUT2D eigenvalue weighted by molar-refractivity contribution is -0.134. The zero-order valence-electron chi connectivity index (χ0n) is 14.4. The number of aliphatic carboxylic acids is 2. The summed E-state index contributed by atoms with van der Waals surface area (Å²) in [6, 6.07) is 9.35. The van der Waals surface area contributed by atoms with Crippen LogP contribution in [-0.4, -0.2) is 48.3 Å². The molecule has 1 saturated carbocycles. The highest BCUT2D eigenvalue weighted by Gasteiger charge is 2.17. The normalized spacial score (nSPS) is 18.0. The van der Waals surface area contributed by atoms with Crippen LogP contribution in [0.5, 0.6) is 0 Å². The number of hydrogen-bond donors (Lipinski definition) is 3. The third-order valence-electron chi connectivity index (χ3n) is 4.57. The van der Waals surface area contributed by atoms with Crippen LogP contribution in [0.3, 0.4) is 0 Å². The molecule has 1 aliphatic heterocycles. The number of carboxylic acids is 2. The number of carbonyl (C=O) groups is 2. The maximum atomic E-state index is 9.55. The van der Waals surface area contributed by atoms with Crippen molar-refractivity contribution in [1.29, 1.82) is 0 Å². The van der Waals surface area contributed by atoms with E-state index >= 15 is 0 Å². The molecule has 6 nitrogen and oxygen atoms in total. The van der Waals surface area contributed by atoms with E-state index in [-0.39, 0.29) is 0 Å². The van der Waals surface area contributed by atoms with Gasteiger partial charge in [-0.15, -0.1) is 0 Å². The van der Waals surface area contributed by atoms with E-state index in [1.807, 2.05) is 0 Å². The molecule has 0 aromatic heterocycles. The summed E-state index contributed by atoms with van der Waals surface area (Å²) in [7, 11) is 0. The number of piperazine rings is 1. The van der Waals surface area contributed by atoms with Crippen LogP contribution in [0.1, 0.15) is 37.2 Å². The van der Waals surface area contributed by atoms with E-state index in [0.29, 0.717) is 12.2 Å². The van der Waals surface area contributed by atoms with Gasteiger partial charge in [-0.25, -0.2) is 9.59 Å². The number of nitrogens with one attached hydrogen (secondary N) is 1. The first kappa shape index (κ1) is 19.0. The van der Waals surface area contributed by atoms with Crippen molar-refractivity contribution in [1.82, 2.24) is 5.32 Å². The molecule has 25 heavy (non-hydrogen) atoms. The summed E-state index contributed by atoms with van der Waals surface area (Å²) in [5.74, 6) is -1.67. The number of carboxylic acid groups (broad SMARTS) is 2. The van der Waals surface area contributed by atoms with Gasteiger partial charge in [0.1, 0.15) is 0 Å². The van der Waals surface area contributed by atoms with Crippen molar-refractivity contribution in [3.63, 3.8) is 0 Å². The van der Waals surface area contributed by atoms with Crippen LogP contribution in [-0.2, 0) is 9.59 Å². The third kappa shape index (κ3) is 6.58. The van der Waals surface area contributed by atoms with Crippen LogP contribution in [0.15, 0.2) is 36.4 Å². The fourth-order valence-electron chi connectivity index (χ4n) is 3.28. The van der Waals surface area contributed by atoms with Crippen LogP contribution in [0, 0.1) is 0 Å². The molecule has 1 aromatic rings. The second kappa shape index (κ2) is 9.84. The van der Waals surface area contributed by atoms with E-state index < -0.39 is 11.9 Å². The smallest absolute Gasteiger partial charge is 0.328 e. The Morgan fingerprint density at radius 2 is 1.48 bits per heavy atom. The summed E-state index contributed by atoms with van der Waals surface area (Å²) in [6.07, 6.45) is 6.75. The minimum absolute atomic E-state index is 0.558. The quantitative estimate of drug-likeness (QED) is 0.726. The first-order chi connectivity index (χ1) is 12.1. The van der Waals surface area contributed by atoms with Crippen molar-refractivity contribution in [2.24, 2.45) is 0 Å². The monoisotopic (exact) mass is 346 g/mol. The summed E-state index contributed by atoms with van der Waals surface area (Å²) in [6.45, 7) is 4.51. The van der Waals surface area contributed by atoms with E-state index in [2.05, 4.69) is 34.5 Å². The standard InChI is InChI=1S/C15H22N2.C4H4O4/c1-2-4-13(3-1)14-5-7-15(8-6-14)17-11-9-16-10-12-17;5-3(6)1-2-4(7)8/h5-8,13,16H,1-4,9-12H2;1-2H,(H,5,6)(H,7,8)/b;2-1+. The average Bonchev–Trinajstić information content (AvgIpc) is 3.16. The third-order valence-corrected chi connectivity index (χ3v) is 4.57. The molecule has 1 aliphatic carbocycles. The van der Waals surface area contributed by atoms with Gasteiger partial charge in [0.15, 0.2) is 0 Å². The highest BCUT2D eigenvalue weighted by molar-refractivity contribution is 5.89. The molecule has 136 valence electrons. The predicted octanol–water partition coefficient (Wildman–Crippen LogP) is 2.47. The largest absolute Gasteiger partial charge is 0.478 e. The van der Waals surface area contributed by atoms with Crippen LogP contribution in [0.4, 0.5) is 5.69 Å². The van der Waals surface area contributed by atoms with Gasteiger partial charge in [-0.1, -0.05) is 25.0 Å². The molecule has 0 unspecified atom stereocenters. The SMILES string of the molecule is O=C(O)/C=C/C(=O)O.c1cc(N2CCNCC2)ccc1C1CCCC1. The van der Waals surface area contributed by atoms with Gasteiger partial charge in [0, 0.05) is 44.0 Å². The van der Waals surface area contributed by atoms with E-state index in [0.717, 1.165) is 32.1 Å². The predicted molar refractivity (Wildman–Crippen MR) is 97.1 cm³/mol. The summed E-state index contributed by atoms with van der Waals surface area (Å²) in [4.78, 5) is 21.6. The molecule has 3 N–H and O–H groups in total. The molecule has 3 rings (SSSR count). The molecule has 1 saturated heterocycles. The summed E-state index contributed by atoms with van der Waals surface area (Å²) in [5, 5.41) is 19.0. The minimum atomic E-state index is -1.26. The Hall–Kier alpha value is -2.34. The Labute approximate surface area is 148 Å². The lowest BCUT2D eigenvalue weighted by Gasteiger charge is -2.29. The molecule has 0 atom stereocenters. The number of nitrogens with zero attached hydrogens (tertiary/aromatic N) is 1. The van der Waals surface area contributed by atoms with Crippen molar-refractivity contribution >= 4 is 17.6 Å². The Bertz CT molecular complexity index is 570. The van der Waals surface area contributed by atoms with Gasteiger partial charge in [0.25, 0.3) is 0 Å². The Balaban J connectivity index is 0.000000242. The molecule has 2 fully saturated rings. The van der Waals surface area contributed by atoms with Crippen LogP contribution < -0.4 is 10.2 Å². The van der Waals surface area contributed by atoms with Gasteiger partial charge >= 0.3 is 11.9 Å². The Kier molecular flexibility index (Phi) is 7.47. The highest BCUT2D eigenvalue weighted by atomic mass is 16.4. The zero-order chi connectivity index (χ0) is 18.1. The van der Waals surface area contributed by atoms with Crippen molar-refractivity contribution in [3.05, 3.63) is 42.0 Å². The van der Waals surface area contributed by atoms with Crippen molar-refractivity contribution in [2.75, 3.05) is 31.1 Å². The molecular formula is C19H26N2O4. The lowest BCUT2D eigenvalue weighted by Crippen LogP contribution is -2.43. The fourth-order valence-corrected chi connectivity index (χ4v) is 3.28. The number of hydrogen-bond acceptors (Lipinski definition) is 4. The first-order valence-electron chi connectivity index (χ1n) is 8.76. The molecule has 0 spiro atoms. The number of rotatable bonds is 4. The van der Waals surface area contributed by atoms with E-state index in [1.54, 1.807) is 5.56 Å². The van der Waals surface area contributed by atoms with Gasteiger partial charge in [-0.2, -0.15) is 0 Å². The van der Waals surface area contributed by atoms with Gasteiger partial charge < -0.3 is 20.4 Å². The molecule has 0 amide bonds. The van der Waals surface area contributed by atoms with E-state index in [4.69, 9.17) is 10.2 Å². The van der Waals surface area contributed by atoms with Gasteiger partial charge in [0.2, 0.25) is 0 Å². The summed E-state index contributed by atoms with van der Waals surface area (Å²) in [5.41, 5.74) is 2.95. The maximum Gasteiger partial charge on any atom is 0.328 e. The molecular weight excluding hydrogens is 320 g/mol. The van der Waals surface area contributed by atoms with Gasteiger partial charge in [-0.3, -0.25) is 0 Å². The Morgan fingerprint density at radius 3 is 1.96 bits per heavy atom. The zero-order valence-corrected chi connectivity index (χ0v) is 14.4. The summed E-state index contributed by atoms with van der Waals surface area (Å²) >= 11 is 0. The van der Waals surface area contributed by atoms with Crippen molar-refractivity contribution in [3.8, 4) is 0 Å². The molecule has 1 heterocycles. The Morgan fingerprint density at radius 1 is 0.960 bits per heavy atom. The van der Waals surface area contributed by atoms with Crippen molar-refractivity contribution < 1.29 is 19.8 Å². The molecule has 0 bridgehead atoms. The summed E-state index contributed by atoms with van der Waals surface area (Å²) < 4.78 is 0. The van der Waals surface area contributed by atoms with Crippen LogP contribution in [0.25, 0.3) is 0 Å². The fraction of sp³-hybridized carbons (Fsp3) is 0.474. The number of anilines is 1. The van der Waals surface area contributed by atoms with Gasteiger partial charge in [-0.05, 0) is 36.5 Å². The number of benzene rings is 1. The first-order valence-corrected chi connectivity index (χ1v) is 8.76. The molecule has 0 radical (unpaired) electrons. The van der Waals surface area contributed by atoms with Crippen molar-refractivity contribution in [2.45, 2.75) is 31.6 Å². The lowest BCUT2D eigenvalue weighted by atomic mass is 9.97. The second-order valence-electron chi connectivity index (χ2n) is 6.32. The average molecular weight is 346 g/mol. The molecule has 6 heteroatoms. The van der Waals surface area contributed by atoms with Gasteiger partial charge in [0.05, 0.1) is 0 Å². The highest BCUT2D eigenvalue weighted by Crippen LogP contribution is 2.34. The van der Waals surface area contributed by atoms with Crippen LogP contribution >= 0.6 is 0 Å².